The van der Waals surface area contributed by atoms with Crippen LogP contribution in [0.5, 0.6) is 0 Å². The number of hydrogen-bond donors (Lipinski definition) is 1. The summed E-state index contributed by atoms with van der Waals surface area (Å²) in [5.74, 6) is -0.659. The van der Waals surface area contributed by atoms with Crippen molar-refractivity contribution in [2.24, 2.45) is 0 Å². The van der Waals surface area contributed by atoms with Crippen LogP contribution in [-0.2, 0) is 14.3 Å². The van der Waals surface area contributed by atoms with Crippen LogP contribution in [0.2, 0.25) is 0 Å². The first-order chi connectivity index (χ1) is 23.7. The van der Waals surface area contributed by atoms with Crippen molar-refractivity contribution in [1.82, 2.24) is 0 Å². The number of esters is 1. The average molecular weight is 673 g/mol. The van der Waals surface area contributed by atoms with Crippen molar-refractivity contribution in [2.45, 2.75) is 225 Å². The molecule has 0 aliphatic rings. The van der Waals surface area contributed by atoms with Gasteiger partial charge in [0.25, 0.3) is 0 Å². The molecule has 0 fully saturated rings. The Morgan fingerprint density at radius 3 is 1.17 bits per heavy atom. The van der Waals surface area contributed by atoms with Crippen LogP contribution in [0, 0.1) is 0 Å². The lowest BCUT2D eigenvalue weighted by Crippen LogP contribution is -2.05. The van der Waals surface area contributed by atoms with E-state index in [-0.39, 0.29) is 5.97 Å². The Hall–Kier alpha value is -1.84. The molecular weight excluding hydrogens is 592 g/mol. The Kier molecular flexibility index (Phi) is 39.7. The van der Waals surface area contributed by atoms with Crippen LogP contribution in [0.15, 0.2) is 36.5 Å². The predicted octanol–water partition coefficient (Wildman–Crippen LogP) is 14.6. The minimum absolute atomic E-state index is 0.00157. The van der Waals surface area contributed by atoms with Gasteiger partial charge in [0.1, 0.15) is 0 Å². The van der Waals surface area contributed by atoms with Crippen LogP contribution in [0.4, 0.5) is 0 Å². The molecule has 48 heavy (non-hydrogen) atoms. The molecule has 0 atom stereocenters. The number of hydrogen-bond acceptors (Lipinski definition) is 3. The van der Waals surface area contributed by atoms with Crippen molar-refractivity contribution in [3.63, 3.8) is 0 Å². The number of carbonyl (C=O) groups excluding carboxylic acids is 1. The maximum Gasteiger partial charge on any atom is 0.305 e. The molecule has 4 nitrogen and oxygen atoms in total. The molecule has 0 aromatic carbocycles. The largest absolute Gasteiger partial charge is 0.481 e. The van der Waals surface area contributed by atoms with E-state index in [1.807, 2.05) is 0 Å². The molecule has 0 aromatic rings. The molecule has 0 heterocycles. The second-order valence-electron chi connectivity index (χ2n) is 14.1. The summed E-state index contributed by atoms with van der Waals surface area (Å²) in [5, 5.41) is 8.65. The second-order valence-corrected chi connectivity index (χ2v) is 14.1. The SMILES string of the molecule is CC/C=C\C/C=C\C/C=C\CCCCCCCC(=O)OCCCCCCCCCCCCCCCCCCCCCCCCCC(=O)O. The molecule has 0 saturated heterocycles. The van der Waals surface area contributed by atoms with Crippen molar-refractivity contribution in [2.75, 3.05) is 6.61 Å². The van der Waals surface area contributed by atoms with Gasteiger partial charge in [-0.1, -0.05) is 197 Å². The highest BCUT2D eigenvalue weighted by Gasteiger charge is 2.03. The van der Waals surface area contributed by atoms with Gasteiger partial charge in [-0.3, -0.25) is 9.59 Å². The third-order valence-electron chi connectivity index (χ3n) is 9.33. The number of carbonyl (C=O) groups is 2. The van der Waals surface area contributed by atoms with Gasteiger partial charge >= 0.3 is 11.9 Å². The highest BCUT2D eigenvalue weighted by Crippen LogP contribution is 2.16. The van der Waals surface area contributed by atoms with Crippen molar-refractivity contribution in [3.8, 4) is 0 Å². The smallest absolute Gasteiger partial charge is 0.305 e. The first kappa shape index (κ1) is 46.2. The zero-order valence-electron chi connectivity index (χ0n) is 31.9. The van der Waals surface area contributed by atoms with Gasteiger partial charge in [0, 0.05) is 12.8 Å². The summed E-state index contributed by atoms with van der Waals surface area (Å²) >= 11 is 0. The molecule has 0 rings (SSSR count). The zero-order valence-corrected chi connectivity index (χ0v) is 31.9. The average Bonchev–Trinajstić information content (AvgIpc) is 3.08. The summed E-state index contributed by atoms with van der Waals surface area (Å²) in [6.07, 6.45) is 54.7. The van der Waals surface area contributed by atoms with E-state index in [2.05, 4.69) is 43.4 Å². The quantitative estimate of drug-likeness (QED) is 0.0401. The van der Waals surface area contributed by atoms with E-state index in [9.17, 15) is 9.59 Å². The number of carboxylic acids is 1. The van der Waals surface area contributed by atoms with E-state index in [1.54, 1.807) is 0 Å². The van der Waals surface area contributed by atoms with Crippen molar-refractivity contribution >= 4 is 11.9 Å². The maximum absolute atomic E-state index is 12.0. The highest BCUT2D eigenvalue weighted by molar-refractivity contribution is 5.69. The number of ether oxygens (including phenoxy) is 1. The summed E-state index contributed by atoms with van der Waals surface area (Å²) < 4.78 is 5.45. The van der Waals surface area contributed by atoms with Crippen molar-refractivity contribution in [1.29, 1.82) is 0 Å². The molecule has 0 unspecified atom stereocenters. The Balaban J connectivity index is 3.20. The van der Waals surface area contributed by atoms with E-state index in [0.717, 1.165) is 57.8 Å². The Morgan fingerprint density at radius 2 is 0.750 bits per heavy atom. The molecule has 0 amide bonds. The summed E-state index contributed by atoms with van der Waals surface area (Å²) in [7, 11) is 0. The minimum atomic E-state index is -0.658. The lowest BCUT2D eigenvalue weighted by atomic mass is 10.0. The fraction of sp³-hybridized carbons (Fsp3) is 0.818. The van der Waals surface area contributed by atoms with Crippen molar-refractivity contribution < 1.29 is 19.4 Å². The molecule has 1 N–H and O–H groups in total. The lowest BCUT2D eigenvalue weighted by Gasteiger charge is -2.06. The number of unbranched alkanes of at least 4 members (excludes halogenated alkanes) is 27. The zero-order chi connectivity index (χ0) is 34.9. The normalized spacial score (nSPS) is 11.9. The molecule has 0 spiro atoms. The van der Waals surface area contributed by atoms with E-state index < -0.39 is 5.97 Å². The van der Waals surface area contributed by atoms with Crippen LogP contribution in [0.3, 0.4) is 0 Å². The molecule has 0 aliphatic carbocycles. The Morgan fingerprint density at radius 1 is 0.417 bits per heavy atom. The highest BCUT2D eigenvalue weighted by atomic mass is 16.5. The fourth-order valence-corrected chi connectivity index (χ4v) is 6.24. The molecule has 4 heteroatoms. The maximum atomic E-state index is 12.0. The molecule has 0 saturated carbocycles. The van der Waals surface area contributed by atoms with E-state index in [1.165, 1.54) is 148 Å². The standard InChI is InChI=1S/C44H80O4/c1-2-3-4-5-6-7-8-9-19-23-26-29-32-35-38-41-44(47)48-42-39-36-33-30-27-24-21-18-16-14-12-10-11-13-15-17-20-22-25-28-31-34-37-40-43(45)46/h3-4,6-7,9,19H,2,5,8,10-18,20-42H2,1H3,(H,45,46)/b4-3-,7-6-,19-9-. The summed E-state index contributed by atoms with van der Waals surface area (Å²) in [5.41, 5.74) is 0. The summed E-state index contributed by atoms with van der Waals surface area (Å²) in [6, 6.07) is 0. The van der Waals surface area contributed by atoms with Crippen LogP contribution in [0.1, 0.15) is 225 Å². The van der Waals surface area contributed by atoms with Crippen LogP contribution in [-0.4, -0.2) is 23.7 Å². The third kappa shape index (κ3) is 42.2. The molecule has 0 aromatic heterocycles. The van der Waals surface area contributed by atoms with Gasteiger partial charge in [-0.15, -0.1) is 0 Å². The van der Waals surface area contributed by atoms with Gasteiger partial charge in [0.05, 0.1) is 6.61 Å². The summed E-state index contributed by atoms with van der Waals surface area (Å²) in [6.45, 7) is 2.77. The molecular formula is C44H80O4. The van der Waals surface area contributed by atoms with E-state index in [4.69, 9.17) is 9.84 Å². The van der Waals surface area contributed by atoms with E-state index >= 15 is 0 Å². The minimum Gasteiger partial charge on any atom is -0.481 e. The van der Waals surface area contributed by atoms with Gasteiger partial charge in [-0.05, 0) is 51.4 Å². The van der Waals surface area contributed by atoms with Crippen LogP contribution in [0.25, 0.3) is 0 Å². The summed E-state index contributed by atoms with van der Waals surface area (Å²) in [4.78, 5) is 22.5. The van der Waals surface area contributed by atoms with Gasteiger partial charge in [0.15, 0.2) is 0 Å². The fourth-order valence-electron chi connectivity index (χ4n) is 6.24. The molecule has 0 bridgehead atoms. The monoisotopic (exact) mass is 673 g/mol. The first-order valence-corrected chi connectivity index (χ1v) is 21.0. The molecule has 0 radical (unpaired) electrons. The lowest BCUT2D eigenvalue weighted by molar-refractivity contribution is -0.144. The Labute approximate surface area is 299 Å². The van der Waals surface area contributed by atoms with Crippen LogP contribution < -0.4 is 0 Å². The van der Waals surface area contributed by atoms with Gasteiger partial charge < -0.3 is 9.84 Å². The number of allylic oxidation sites excluding steroid dienone is 6. The predicted molar refractivity (Wildman–Crippen MR) is 209 cm³/mol. The van der Waals surface area contributed by atoms with Gasteiger partial charge in [0.2, 0.25) is 0 Å². The first-order valence-electron chi connectivity index (χ1n) is 21.0. The van der Waals surface area contributed by atoms with E-state index in [0.29, 0.717) is 19.4 Å². The van der Waals surface area contributed by atoms with Crippen molar-refractivity contribution in [3.05, 3.63) is 36.5 Å². The van der Waals surface area contributed by atoms with Crippen LogP contribution >= 0.6 is 0 Å². The number of rotatable bonds is 39. The molecule has 0 aliphatic heterocycles. The third-order valence-corrected chi connectivity index (χ3v) is 9.33. The Bertz CT molecular complexity index is 753. The van der Waals surface area contributed by atoms with Gasteiger partial charge in [-0.2, -0.15) is 0 Å². The molecule has 280 valence electrons. The number of carboxylic acid groups (broad SMARTS) is 1. The second kappa shape index (κ2) is 41.3. The number of aliphatic carboxylic acids is 1. The topological polar surface area (TPSA) is 63.6 Å². The van der Waals surface area contributed by atoms with Gasteiger partial charge in [-0.25, -0.2) is 0 Å².